The maximum Gasteiger partial charge on any atom is 0.338 e. The second-order valence-electron chi connectivity index (χ2n) is 13.5. The van der Waals surface area contributed by atoms with Crippen molar-refractivity contribution in [2.45, 2.75) is 105 Å². The van der Waals surface area contributed by atoms with Crippen molar-refractivity contribution in [2.24, 2.45) is 23.2 Å². The molecule has 9 atom stereocenters. The number of hydrogen-bond acceptors (Lipinski definition) is 13. The van der Waals surface area contributed by atoms with Crippen LogP contribution in [-0.4, -0.2) is 77.7 Å². The van der Waals surface area contributed by atoms with Crippen molar-refractivity contribution in [3.05, 3.63) is 60.2 Å². The first kappa shape index (κ1) is 39.6. The Balaban J connectivity index is 2.52. The number of benzene rings is 1. The molecule has 0 amide bonds. The molecule has 2 aliphatic carbocycles. The summed E-state index contributed by atoms with van der Waals surface area (Å²) in [6.45, 7) is 16.3. The summed E-state index contributed by atoms with van der Waals surface area (Å²) < 4.78 is 35.2. The number of fused-ring (bicyclic) bond motifs is 1. The molecular weight excluding hydrogens is 652 g/mol. The van der Waals surface area contributed by atoms with Crippen LogP contribution in [0.25, 0.3) is 0 Å². The van der Waals surface area contributed by atoms with Gasteiger partial charge in [0.05, 0.1) is 11.5 Å². The molecule has 0 aliphatic heterocycles. The lowest BCUT2D eigenvalue weighted by Gasteiger charge is -2.44. The van der Waals surface area contributed by atoms with E-state index in [2.05, 4.69) is 6.58 Å². The first-order valence-corrected chi connectivity index (χ1v) is 16.3. The largest absolute Gasteiger partial charge is 0.462 e. The predicted octanol–water partition coefficient (Wildman–Crippen LogP) is 4.25. The van der Waals surface area contributed by atoms with E-state index in [1.807, 2.05) is 0 Å². The molecule has 0 aromatic heterocycles. The van der Waals surface area contributed by atoms with Crippen LogP contribution < -0.4 is 0 Å². The Morgan fingerprint density at radius 1 is 0.720 bits per heavy atom. The van der Waals surface area contributed by atoms with E-state index < -0.39 is 101 Å². The highest BCUT2D eigenvalue weighted by atomic mass is 16.6. The molecule has 1 fully saturated rings. The minimum Gasteiger partial charge on any atom is -0.462 e. The molecule has 0 unspecified atom stereocenters. The molecule has 13 nitrogen and oxygen atoms in total. The van der Waals surface area contributed by atoms with E-state index in [4.69, 9.17) is 28.4 Å². The average molecular weight is 699 g/mol. The lowest BCUT2D eigenvalue weighted by Crippen LogP contribution is -2.59. The zero-order valence-corrected chi connectivity index (χ0v) is 29.9. The number of hydrogen-bond donors (Lipinski definition) is 0. The molecule has 2 aliphatic rings. The SMILES string of the molecule is C=C1[C@@H](OC(C)=O)[C@@H](OC(C)=O)[C@@H](OC(C)=O)C(C)(C)C=C[C@H](C)C(=O)[C@@]2(OC(C)=O)C[C@H](C)[C@H](OC(C)=O)[C@@H]2[C@@H]1OC(=O)c1ccccc1. The van der Waals surface area contributed by atoms with Crippen molar-refractivity contribution in [1.29, 1.82) is 0 Å². The van der Waals surface area contributed by atoms with Crippen LogP contribution >= 0.6 is 0 Å². The van der Waals surface area contributed by atoms with Crippen molar-refractivity contribution in [1.82, 2.24) is 0 Å². The average Bonchev–Trinajstić information content (AvgIpc) is 3.27. The van der Waals surface area contributed by atoms with Gasteiger partial charge in [-0.2, -0.15) is 0 Å². The zero-order valence-electron chi connectivity index (χ0n) is 29.9. The summed E-state index contributed by atoms with van der Waals surface area (Å²) >= 11 is 0. The van der Waals surface area contributed by atoms with E-state index in [9.17, 15) is 33.6 Å². The van der Waals surface area contributed by atoms with Gasteiger partial charge >= 0.3 is 35.8 Å². The van der Waals surface area contributed by atoms with Gasteiger partial charge in [-0.25, -0.2) is 4.79 Å². The number of esters is 6. The summed E-state index contributed by atoms with van der Waals surface area (Å²) in [5, 5.41) is 0. The Kier molecular flexibility index (Phi) is 12.5. The van der Waals surface area contributed by atoms with Gasteiger partial charge in [-0.05, 0) is 18.1 Å². The Labute approximate surface area is 291 Å². The molecule has 1 saturated carbocycles. The lowest BCUT2D eigenvalue weighted by molar-refractivity contribution is -0.191. The molecule has 1 aromatic rings. The first-order chi connectivity index (χ1) is 23.2. The lowest BCUT2D eigenvalue weighted by atomic mass is 9.72. The summed E-state index contributed by atoms with van der Waals surface area (Å²) in [4.78, 5) is 92.0. The number of ether oxygens (including phenoxy) is 6. The van der Waals surface area contributed by atoms with Crippen LogP contribution in [0.3, 0.4) is 0 Å². The van der Waals surface area contributed by atoms with Gasteiger partial charge < -0.3 is 28.4 Å². The zero-order chi connectivity index (χ0) is 37.7. The standard InChI is InChI=1S/C37H46O13/c1-19-16-17-36(9,10)34(48-25(7)41)32(47-24(6)40)31(46-23(5)39)21(3)30(49-35(44)27-14-12-11-13-15-27)28-29(45-22(4)38)20(2)18-37(28,33(19)43)50-26(8)42/h11-17,19-20,28-32,34H,3,18H2,1-2,4-10H3/t19-,20-,28+,29-,30+,31+,32+,34+,37+/m0/s1. The highest BCUT2D eigenvalue weighted by molar-refractivity contribution is 5.94. The van der Waals surface area contributed by atoms with E-state index in [0.29, 0.717) is 0 Å². The second kappa shape index (κ2) is 15.8. The van der Waals surface area contributed by atoms with E-state index in [-0.39, 0.29) is 17.6 Å². The highest BCUT2D eigenvalue weighted by Crippen LogP contribution is 2.51. The summed E-state index contributed by atoms with van der Waals surface area (Å²) in [7, 11) is 0. The van der Waals surface area contributed by atoms with E-state index >= 15 is 0 Å². The van der Waals surface area contributed by atoms with E-state index in [1.54, 1.807) is 52.0 Å². The molecule has 13 heteroatoms. The number of allylic oxidation sites excluding steroid dienone is 1. The molecule has 0 bridgehead atoms. The molecule has 0 radical (unpaired) electrons. The van der Waals surface area contributed by atoms with Gasteiger partial charge in [0.1, 0.15) is 12.2 Å². The predicted molar refractivity (Wildman–Crippen MR) is 176 cm³/mol. The summed E-state index contributed by atoms with van der Waals surface area (Å²) in [5.74, 6) is -8.67. The summed E-state index contributed by atoms with van der Waals surface area (Å²) in [5.41, 5.74) is -3.44. The van der Waals surface area contributed by atoms with E-state index in [0.717, 1.165) is 34.6 Å². The Hall–Kier alpha value is -4.81. The first-order valence-electron chi connectivity index (χ1n) is 16.3. The molecule has 1 aromatic carbocycles. The highest BCUT2D eigenvalue weighted by Gasteiger charge is 2.66. The third-order valence-corrected chi connectivity index (χ3v) is 8.87. The van der Waals surface area contributed by atoms with Crippen molar-refractivity contribution in [3.8, 4) is 0 Å². The number of carbonyl (C=O) groups excluding carboxylic acids is 7. The fraction of sp³-hybridized carbons (Fsp3) is 0.541. The molecule has 0 spiro atoms. The van der Waals surface area contributed by atoms with Gasteiger partial charge in [0.2, 0.25) is 0 Å². The van der Waals surface area contributed by atoms with E-state index in [1.165, 1.54) is 18.2 Å². The van der Waals surface area contributed by atoms with Crippen LogP contribution in [0.2, 0.25) is 0 Å². The molecule has 272 valence electrons. The topological polar surface area (TPSA) is 175 Å². The van der Waals surface area contributed by atoms with Crippen LogP contribution in [0.15, 0.2) is 54.6 Å². The number of Topliss-reactive ketones (excluding diaryl/α,β-unsaturated/α-hetero) is 1. The van der Waals surface area contributed by atoms with Crippen LogP contribution in [0.4, 0.5) is 0 Å². The van der Waals surface area contributed by atoms with Gasteiger partial charge in [-0.15, -0.1) is 0 Å². The summed E-state index contributed by atoms with van der Waals surface area (Å²) in [6.07, 6.45) is -4.62. The molecule has 0 heterocycles. The molecular formula is C37H46O13. The van der Waals surface area contributed by atoms with Gasteiger partial charge in [-0.1, -0.05) is 64.6 Å². The van der Waals surface area contributed by atoms with Crippen LogP contribution in [0, 0.1) is 23.2 Å². The van der Waals surface area contributed by atoms with Crippen LogP contribution in [0.5, 0.6) is 0 Å². The molecule has 0 saturated heterocycles. The molecule has 0 N–H and O–H groups in total. The minimum absolute atomic E-state index is 0.0849. The molecule has 3 rings (SSSR count). The van der Waals surface area contributed by atoms with Crippen molar-refractivity contribution < 1.29 is 62.0 Å². The monoisotopic (exact) mass is 698 g/mol. The van der Waals surface area contributed by atoms with Crippen molar-refractivity contribution >= 4 is 41.6 Å². The maximum atomic E-state index is 14.7. The Morgan fingerprint density at radius 2 is 1.26 bits per heavy atom. The Morgan fingerprint density at radius 3 is 1.78 bits per heavy atom. The number of carbonyl (C=O) groups is 7. The normalized spacial score (nSPS) is 30.7. The van der Waals surface area contributed by atoms with Gasteiger partial charge in [-0.3, -0.25) is 28.8 Å². The van der Waals surface area contributed by atoms with Crippen molar-refractivity contribution in [3.63, 3.8) is 0 Å². The maximum absolute atomic E-state index is 14.7. The third kappa shape index (κ3) is 8.85. The smallest absolute Gasteiger partial charge is 0.338 e. The summed E-state index contributed by atoms with van der Waals surface area (Å²) in [6, 6.07) is 7.82. The fourth-order valence-electron chi connectivity index (χ4n) is 6.92. The van der Waals surface area contributed by atoms with Gasteiger partial charge in [0.15, 0.2) is 29.7 Å². The van der Waals surface area contributed by atoms with Crippen LogP contribution in [-0.2, 0) is 57.2 Å². The van der Waals surface area contributed by atoms with Crippen LogP contribution in [0.1, 0.15) is 79.1 Å². The van der Waals surface area contributed by atoms with Gasteiger partial charge in [0.25, 0.3) is 0 Å². The van der Waals surface area contributed by atoms with Gasteiger partial charge in [0, 0.05) is 57.9 Å². The quantitative estimate of drug-likeness (QED) is 0.225. The Bertz CT molecular complexity index is 1540. The number of rotatable bonds is 7. The molecule has 50 heavy (non-hydrogen) atoms. The number of ketones is 1. The second-order valence-corrected chi connectivity index (χ2v) is 13.5. The van der Waals surface area contributed by atoms with Crippen molar-refractivity contribution in [2.75, 3.05) is 0 Å². The fourth-order valence-corrected chi connectivity index (χ4v) is 6.92. The third-order valence-electron chi connectivity index (χ3n) is 8.87. The minimum atomic E-state index is -2.07.